The van der Waals surface area contributed by atoms with E-state index in [1.165, 1.54) is 18.2 Å². The molecular formula is C13H9BrFNO5S. The van der Waals surface area contributed by atoms with Crippen molar-refractivity contribution in [3.8, 4) is 5.75 Å². The van der Waals surface area contributed by atoms with Crippen LogP contribution in [0.5, 0.6) is 5.75 Å². The summed E-state index contributed by atoms with van der Waals surface area (Å²) in [5.41, 5.74) is 0.0454. The minimum atomic E-state index is -4.54. The minimum Gasteiger partial charge on any atom is -0.371 e. The number of hydrogen-bond donors (Lipinski definition) is 0. The van der Waals surface area contributed by atoms with Gasteiger partial charge in [-0.25, -0.2) is 4.39 Å². The van der Waals surface area contributed by atoms with Gasteiger partial charge in [0.1, 0.15) is 10.7 Å². The van der Waals surface area contributed by atoms with Crippen molar-refractivity contribution < 1.29 is 21.9 Å². The summed E-state index contributed by atoms with van der Waals surface area (Å²) in [7, 11) is -4.54. The van der Waals surface area contributed by atoms with E-state index in [-0.39, 0.29) is 0 Å². The first-order chi connectivity index (χ1) is 10.2. The van der Waals surface area contributed by atoms with Gasteiger partial charge in [-0.05, 0) is 36.8 Å². The Morgan fingerprint density at radius 2 is 1.91 bits per heavy atom. The fourth-order valence-electron chi connectivity index (χ4n) is 1.67. The van der Waals surface area contributed by atoms with Crippen molar-refractivity contribution in [1.82, 2.24) is 0 Å². The van der Waals surface area contributed by atoms with E-state index >= 15 is 0 Å². The minimum absolute atomic E-state index is 0.328. The summed E-state index contributed by atoms with van der Waals surface area (Å²) in [6, 6.07) is 7.06. The summed E-state index contributed by atoms with van der Waals surface area (Å²) in [6.45, 7) is 1.61. The zero-order chi connectivity index (χ0) is 16.5. The fraction of sp³-hybridized carbons (Fsp3) is 0.0769. The van der Waals surface area contributed by atoms with Crippen LogP contribution in [0.25, 0.3) is 0 Å². The quantitative estimate of drug-likeness (QED) is 0.453. The molecule has 6 nitrogen and oxygen atoms in total. The molecule has 9 heteroatoms. The van der Waals surface area contributed by atoms with Gasteiger partial charge >= 0.3 is 15.8 Å². The van der Waals surface area contributed by atoms with Gasteiger partial charge in [-0.15, -0.1) is 0 Å². The zero-order valence-electron chi connectivity index (χ0n) is 11.1. The molecule has 0 aromatic heterocycles. The predicted molar refractivity (Wildman–Crippen MR) is 79.7 cm³/mol. The maximum Gasteiger partial charge on any atom is 0.342 e. The van der Waals surface area contributed by atoms with E-state index in [4.69, 9.17) is 4.18 Å². The van der Waals surface area contributed by atoms with E-state index in [9.17, 15) is 22.9 Å². The van der Waals surface area contributed by atoms with E-state index < -0.39 is 37.2 Å². The van der Waals surface area contributed by atoms with Crippen LogP contribution in [0.1, 0.15) is 5.56 Å². The maximum atomic E-state index is 13.7. The average Bonchev–Trinajstić information content (AvgIpc) is 2.43. The lowest BCUT2D eigenvalue weighted by atomic mass is 10.2. The lowest BCUT2D eigenvalue weighted by Gasteiger charge is -2.09. The molecule has 0 aliphatic heterocycles. The van der Waals surface area contributed by atoms with Gasteiger partial charge in [0.05, 0.1) is 4.92 Å². The SMILES string of the molecule is Cc1ccc(OS(=O)(=O)c2cc(Br)ccc2F)c([N+](=O)[O-])c1. The summed E-state index contributed by atoms with van der Waals surface area (Å²) >= 11 is 3.03. The number of aryl methyl sites for hydroxylation is 1. The molecule has 0 atom stereocenters. The highest BCUT2D eigenvalue weighted by Gasteiger charge is 2.26. The van der Waals surface area contributed by atoms with Crippen molar-refractivity contribution in [2.24, 2.45) is 0 Å². The summed E-state index contributed by atoms with van der Waals surface area (Å²) in [6.07, 6.45) is 0. The number of rotatable bonds is 4. The first-order valence-corrected chi connectivity index (χ1v) is 8.05. The van der Waals surface area contributed by atoms with E-state index in [0.717, 1.165) is 18.2 Å². The lowest BCUT2D eigenvalue weighted by Crippen LogP contribution is -2.12. The largest absolute Gasteiger partial charge is 0.371 e. The number of halogens is 2. The topological polar surface area (TPSA) is 86.5 Å². The molecule has 0 amide bonds. The van der Waals surface area contributed by atoms with Crippen LogP contribution in [-0.4, -0.2) is 13.3 Å². The highest BCUT2D eigenvalue weighted by Crippen LogP contribution is 2.31. The Morgan fingerprint density at radius 1 is 1.23 bits per heavy atom. The fourth-order valence-corrected chi connectivity index (χ4v) is 3.23. The molecule has 0 radical (unpaired) electrons. The third-order valence-electron chi connectivity index (χ3n) is 2.67. The second-order valence-electron chi connectivity index (χ2n) is 4.34. The van der Waals surface area contributed by atoms with Crippen LogP contribution in [0.4, 0.5) is 10.1 Å². The van der Waals surface area contributed by atoms with Gasteiger partial charge in [0, 0.05) is 10.5 Å². The van der Waals surface area contributed by atoms with E-state index in [0.29, 0.717) is 10.0 Å². The molecule has 2 aromatic carbocycles. The molecule has 116 valence electrons. The van der Waals surface area contributed by atoms with Crippen LogP contribution in [0.2, 0.25) is 0 Å². The standard InChI is InChI=1S/C13H9BrFNO5S/c1-8-2-5-12(11(6-8)16(17)18)21-22(19,20)13-7-9(14)3-4-10(13)15/h2-7H,1H3. The van der Waals surface area contributed by atoms with Crippen molar-refractivity contribution >= 4 is 31.7 Å². The Morgan fingerprint density at radius 3 is 2.55 bits per heavy atom. The van der Waals surface area contributed by atoms with Crippen molar-refractivity contribution in [3.63, 3.8) is 0 Å². The predicted octanol–water partition coefficient (Wildman–Crippen LogP) is 3.57. The van der Waals surface area contributed by atoms with Gasteiger partial charge in [-0.3, -0.25) is 10.1 Å². The number of nitro groups is 1. The van der Waals surface area contributed by atoms with E-state index in [1.54, 1.807) is 6.92 Å². The first-order valence-electron chi connectivity index (χ1n) is 5.85. The molecule has 0 saturated carbocycles. The normalized spacial score (nSPS) is 11.2. The van der Waals surface area contributed by atoms with Gasteiger partial charge < -0.3 is 4.18 Å². The van der Waals surface area contributed by atoms with Gasteiger partial charge in [-0.1, -0.05) is 22.0 Å². The Kier molecular flexibility index (Phi) is 4.47. The van der Waals surface area contributed by atoms with Crippen LogP contribution in [0, 0.1) is 22.9 Å². The summed E-state index contributed by atoms with van der Waals surface area (Å²) in [5, 5.41) is 11.0. The van der Waals surface area contributed by atoms with E-state index in [1.807, 2.05) is 0 Å². The summed E-state index contributed by atoms with van der Waals surface area (Å²) < 4.78 is 43.0. The summed E-state index contributed by atoms with van der Waals surface area (Å²) in [5.74, 6) is -1.49. The first kappa shape index (κ1) is 16.4. The van der Waals surface area contributed by atoms with E-state index in [2.05, 4.69) is 15.9 Å². The molecule has 0 aliphatic carbocycles. The highest BCUT2D eigenvalue weighted by atomic mass is 79.9. The monoisotopic (exact) mass is 389 g/mol. The smallest absolute Gasteiger partial charge is 0.342 e. The van der Waals surface area contributed by atoms with Crippen molar-refractivity contribution in [3.05, 3.63) is 62.4 Å². The van der Waals surface area contributed by atoms with Crippen LogP contribution in [0.15, 0.2) is 45.8 Å². The Balaban J connectivity index is 2.50. The number of nitro benzene ring substituents is 1. The third kappa shape index (κ3) is 3.42. The van der Waals surface area contributed by atoms with Crippen LogP contribution >= 0.6 is 15.9 Å². The third-order valence-corrected chi connectivity index (χ3v) is 4.42. The van der Waals surface area contributed by atoms with Gasteiger partial charge in [0.15, 0.2) is 0 Å². The molecule has 2 rings (SSSR count). The van der Waals surface area contributed by atoms with Crippen LogP contribution < -0.4 is 4.18 Å². The second-order valence-corrected chi connectivity index (χ2v) is 6.77. The molecule has 22 heavy (non-hydrogen) atoms. The Hall–Kier alpha value is -2.00. The molecule has 0 spiro atoms. The maximum absolute atomic E-state index is 13.7. The zero-order valence-corrected chi connectivity index (χ0v) is 13.5. The molecule has 2 aromatic rings. The van der Waals surface area contributed by atoms with Crippen molar-refractivity contribution in [1.29, 1.82) is 0 Å². The molecule has 0 unspecified atom stereocenters. The Labute approximate surface area is 133 Å². The van der Waals surface area contributed by atoms with Crippen molar-refractivity contribution in [2.75, 3.05) is 0 Å². The average molecular weight is 390 g/mol. The van der Waals surface area contributed by atoms with Crippen molar-refractivity contribution in [2.45, 2.75) is 11.8 Å². The molecule has 0 saturated heterocycles. The van der Waals surface area contributed by atoms with Gasteiger partial charge in [0.2, 0.25) is 5.75 Å². The Bertz CT molecular complexity index is 854. The molecule has 0 bridgehead atoms. The number of nitrogens with zero attached hydrogens (tertiary/aromatic N) is 1. The number of hydrogen-bond acceptors (Lipinski definition) is 5. The van der Waals surface area contributed by atoms with Gasteiger partial charge in [-0.2, -0.15) is 8.42 Å². The van der Waals surface area contributed by atoms with Crippen LogP contribution in [-0.2, 0) is 10.1 Å². The summed E-state index contributed by atoms with van der Waals surface area (Å²) in [4.78, 5) is 9.49. The second kappa shape index (κ2) is 6.01. The molecular weight excluding hydrogens is 381 g/mol. The lowest BCUT2D eigenvalue weighted by molar-refractivity contribution is -0.385. The molecule has 0 fully saturated rings. The van der Waals surface area contributed by atoms with Crippen LogP contribution in [0.3, 0.4) is 0 Å². The highest BCUT2D eigenvalue weighted by molar-refractivity contribution is 9.10. The molecule has 0 heterocycles. The number of benzene rings is 2. The molecule has 0 N–H and O–H groups in total. The molecule has 0 aliphatic rings. The van der Waals surface area contributed by atoms with Gasteiger partial charge in [0.25, 0.3) is 0 Å².